The van der Waals surface area contributed by atoms with E-state index in [0.717, 1.165) is 18.7 Å². The molecule has 0 saturated carbocycles. The molecule has 1 aromatic heterocycles. The van der Waals surface area contributed by atoms with E-state index in [1.807, 2.05) is 0 Å². The maximum atomic E-state index is 13.4. The van der Waals surface area contributed by atoms with Gasteiger partial charge in [-0.15, -0.1) is 0 Å². The number of nitrogens with zero attached hydrogens (tertiary/aromatic N) is 2. The van der Waals surface area contributed by atoms with Crippen molar-refractivity contribution in [2.24, 2.45) is 0 Å². The summed E-state index contributed by atoms with van der Waals surface area (Å²) < 4.78 is 13.4. The lowest BCUT2D eigenvalue weighted by Gasteiger charge is -2.19. The van der Waals surface area contributed by atoms with Gasteiger partial charge in [0.25, 0.3) is 0 Å². The number of halogens is 2. The normalized spacial score (nSPS) is 12.4. The summed E-state index contributed by atoms with van der Waals surface area (Å²) >= 11 is 6.17. The van der Waals surface area contributed by atoms with E-state index < -0.39 is 0 Å². The second-order valence-electron chi connectivity index (χ2n) is 4.19. The van der Waals surface area contributed by atoms with E-state index in [1.54, 1.807) is 18.3 Å². The van der Waals surface area contributed by atoms with Crippen molar-refractivity contribution >= 4 is 11.6 Å². The first-order chi connectivity index (χ1) is 9.22. The second kappa shape index (κ2) is 6.59. The van der Waals surface area contributed by atoms with Gasteiger partial charge in [-0.2, -0.15) is 0 Å². The van der Waals surface area contributed by atoms with Gasteiger partial charge in [0.15, 0.2) is 0 Å². The van der Waals surface area contributed by atoms with Gasteiger partial charge in [0.2, 0.25) is 0 Å². The van der Waals surface area contributed by atoms with Crippen LogP contribution in [0.25, 0.3) is 0 Å². The molecule has 0 radical (unpaired) electrons. The highest BCUT2D eigenvalue weighted by atomic mass is 35.5. The summed E-state index contributed by atoms with van der Waals surface area (Å²) in [6.45, 7) is 2.86. The van der Waals surface area contributed by atoms with Crippen LogP contribution in [0.5, 0.6) is 0 Å². The Labute approximate surface area is 116 Å². The summed E-state index contributed by atoms with van der Waals surface area (Å²) in [4.78, 5) is 8.12. The van der Waals surface area contributed by atoms with Gasteiger partial charge < -0.3 is 5.32 Å². The van der Waals surface area contributed by atoms with Crippen molar-refractivity contribution in [3.8, 4) is 0 Å². The molecule has 0 aliphatic heterocycles. The fourth-order valence-corrected chi connectivity index (χ4v) is 2.10. The Hall–Kier alpha value is -1.52. The van der Waals surface area contributed by atoms with Crippen molar-refractivity contribution in [1.29, 1.82) is 0 Å². The summed E-state index contributed by atoms with van der Waals surface area (Å²) in [5.74, 6) is -0.309. The zero-order valence-corrected chi connectivity index (χ0v) is 11.4. The number of hydrogen-bond acceptors (Lipinski definition) is 3. The summed E-state index contributed by atoms with van der Waals surface area (Å²) in [5, 5.41) is 3.85. The molecule has 1 heterocycles. The summed E-state index contributed by atoms with van der Waals surface area (Å²) in [5.41, 5.74) is 1.46. The number of nitrogens with one attached hydrogen (secondary N) is 1. The molecule has 1 N–H and O–H groups in total. The smallest absolute Gasteiger partial charge is 0.123 e. The molecule has 2 aromatic rings. The van der Waals surface area contributed by atoms with Gasteiger partial charge in [-0.1, -0.05) is 18.5 Å². The molecular formula is C14H15ClFN3. The molecular weight excluding hydrogens is 265 g/mol. The number of benzene rings is 1. The Morgan fingerprint density at radius 3 is 2.89 bits per heavy atom. The third-order valence-electron chi connectivity index (χ3n) is 2.77. The van der Waals surface area contributed by atoms with Crippen molar-refractivity contribution in [2.45, 2.75) is 19.4 Å². The van der Waals surface area contributed by atoms with Gasteiger partial charge >= 0.3 is 0 Å². The Bertz CT molecular complexity index is 533. The average molecular weight is 280 g/mol. The fraction of sp³-hybridized carbons (Fsp3) is 0.286. The van der Waals surface area contributed by atoms with Crippen LogP contribution in [0, 0.1) is 5.82 Å². The molecule has 0 bridgehead atoms. The van der Waals surface area contributed by atoms with Crippen LogP contribution < -0.4 is 5.32 Å². The van der Waals surface area contributed by atoms with Gasteiger partial charge in [0.05, 0.1) is 11.7 Å². The molecule has 1 unspecified atom stereocenters. The quantitative estimate of drug-likeness (QED) is 0.912. The monoisotopic (exact) mass is 279 g/mol. The summed E-state index contributed by atoms with van der Waals surface area (Å²) in [7, 11) is 0. The minimum Gasteiger partial charge on any atom is -0.305 e. The van der Waals surface area contributed by atoms with Crippen LogP contribution in [0.4, 0.5) is 4.39 Å². The predicted octanol–water partition coefficient (Wildman–Crippen LogP) is 3.36. The molecule has 0 aliphatic carbocycles. The standard InChI is InChI=1S/C14H15ClFN3/c1-2-6-18-14(13-5-7-17-9-19-13)11-8-10(16)3-4-12(11)15/h3-5,7-9,14,18H,2,6H2,1H3. The second-order valence-corrected chi connectivity index (χ2v) is 4.59. The molecule has 0 aliphatic rings. The summed E-state index contributed by atoms with van der Waals surface area (Å²) in [6.07, 6.45) is 4.11. The lowest BCUT2D eigenvalue weighted by Crippen LogP contribution is -2.24. The molecule has 2 rings (SSSR count). The molecule has 1 atom stereocenters. The van der Waals surface area contributed by atoms with Crippen LogP contribution >= 0.6 is 11.6 Å². The summed E-state index contributed by atoms with van der Waals surface area (Å²) in [6, 6.07) is 5.93. The topological polar surface area (TPSA) is 37.8 Å². The minimum absolute atomic E-state index is 0.230. The molecule has 0 saturated heterocycles. The molecule has 5 heteroatoms. The van der Waals surface area contributed by atoms with E-state index in [9.17, 15) is 4.39 Å². The lowest BCUT2D eigenvalue weighted by atomic mass is 10.0. The van der Waals surface area contributed by atoms with Gasteiger partial charge in [-0.3, -0.25) is 0 Å². The number of hydrogen-bond donors (Lipinski definition) is 1. The lowest BCUT2D eigenvalue weighted by molar-refractivity contribution is 0.575. The predicted molar refractivity (Wildman–Crippen MR) is 73.6 cm³/mol. The Kier molecular flexibility index (Phi) is 4.82. The van der Waals surface area contributed by atoms with Gasteiger partial charge in [-0.05, 0) is 42.8 Å². The van der Waals surface area contributed by atoms with Crippen molar-refractivity contribution in [3.05, 3.63) is 58.9 Å². The highest BCUT2D eigenvalue weighted by Crippen LogP contribution is 2.27. The van der Waals surface area contributed by atoms with E-state index in [-0.39, 0.29) is 11.9 Å². The third kappa shape index (κ3) is 3.49. The Morgan fingerprint density at radius 1 is 1.37 bits per heavy atom. The van der Waals surface area contributed by atoms with E-state index in [0.29, 0.717) is 10.6 Å². The minimum atomic E-state index is -0.309. The maximum Gasteiger partial charge on any atom is 0.123 e. The third-order valence-corrected chi connectivity index (χ3v) is 3.11. The van der Waals surface area contributed by atoms with Crippen LogP contribution in [-0.2, 0) is 0 Å². The Balaban J connectivity index is 2.40. The SMILES string of the molecule is CCCNC(c1ccncn1)c1cc(F)ccc1Cl. The van der Waals surface area contributed by atoms with Crippen LogP contribution in [-0.4, -0.2) is 16.5 Å². The molecule has 3 nitrogen and oxygen atoms in total. The molecule has 0 amide bonds. The fourth-order valence-electron chi connectivity index (χ4n) is 1.87. The number of aromatic nitrogens is 2. The van der Waals surface area contributed by atoms with Crippen LogP contribution in [0.3, 0.4) is 0 Å². The zero-order valence-electron chi connectivity index (χ0n) is 10.6. The molecule has 1 aromatic carbocycles. The maximum absolute atomic E-state index is 13.4. The van der Waals surface area contributed by atoms with E-state index in [2.05, 4.69) is 22.2 Å². The molecule has 19 heavy (non-hydrogen) atoms. The van der Waals surface area contributed by atoms with Crippen molar-refractivity contribution in [2.75, 3.05) is 6.54 Å². The number of rotatable bonds is 5. The van der Waals surface area contributed by atoms with Crippen LogP contribution in [0.1, 0.15) is 30.6 Å². The van der Waals surface area contributed by atoms with Gasteiger partial charge in [-0.25, -0.2) is 14.4 Å². The van der Waals surface area contributed by atoms with Crippen molar-refractivity contribution < 1.29 is 4.39 Å². The first kappa shape index (κ1) is 13.9. The zero-order chi connectivity index (χ0) is 13.7. The highest BCUT2D eigenvalue weighted by molar-refractivity contribution is 6.31. The van der Waals surface area contributed by atoms with Gasteiger partial charge in [0, 0.05) is 11.2 Å². The average Bonchev–Trinajstić information content (AvgIpc) is 2.44. The molecule has 0 fully saturated rings. The van der Waals surface area contributed by atoms with Crippen LogP contribution in [0.2, 0.25) is 5.02 Å². The van der Waals surface area contributed by atoms with Crippen LogP contribution in [0.15, 0.2) is 36.8 Å². The largest absolute Gasteiger partial charge is 0.305 e. The van der Waals surface area contributed by atoms with Gasteiger partial charge in [0.1, 0.15) is 12.1 Å². The first-order valence-electron chi connectivity index (χ1n) is 6.16. The van der Waals surface area contributed by atoms with E-state index in [4.69, 9.17) is 11.6 Å². The molecule has 100 valence electrons. The molecule has 0 spiro atoms. The van der Waals surface area contributed by atoms with E-state index in [1.165, 1.54) is 18.5 Å². The van der Waals surface area contributed by atoms with E-state index >= 15 is 0 Å². The van der Waals surface area contributed by atoms with Crippen molar-refractivity contribution in [1.82, 2.24) is 15.3 Å². The highest BCUT2D eigenvalue weighted by Gasteiger charge is 2.18. The Morgan fingerprint density at radius 2 is 2.21 bits per heavy atom. The van der Waals surface area contributed by atoms with Crippen molar-refractivity contribution in [3.63, 3.8) is 0 Å². The first-order valence-corrected chi connectivity index (χ1v) is 6.54.